The van der Waals surface area contributed by atoms with Crippen LogP contribution in [0.15, 0.2) is 22.7 Å². The highest BCUT2D eigenvalue weighted by molar-refractivity contribution is 9.10. The first-order valence-corrected chi connectivity index (χ1v) is 6.51. The zero-order valence-corrected chi connectivity index (χ0v) is 12.4. The second kappa shape index (κ2) is 6.47. The van der Waals surface area contributed by atoms with Crippen LogP contribution in [-0.4, -0.2) is 21.9 Å². The van der Waals surface area contributed by atoms with Gasteiger partial charge in [0.2, 0.25) is 5.91 Å². The van der Waals surface area contributed by atoms with Gasteiger partial charge in [-0.2, -0.15) is 0 Å². The third kappa shape index (κ3) is 3.77. The van der Waals surface area contributed by atoms with Gasteiger partial charge in [0.1, 0.15) is 0 Å². The number of amides is 1. The molecule has 0 radical (unpaired) electrons. The number of hydrogen-bond donors (Lipinski definition) is 2. The van der Waals surface area contributed by atoms with E-state index in [4.69, 9.17) is 5.11 Å². The second-order valence-corrected chi connectivity index (χ2v) is 5.18. The highest BCUT2D eigenvalue weighted by Crippen LogP contribution is 2.28. The van der Waals surface area contributed by atoms with E-state index in [1.165, 1.54) is 32.0 Å². The molecular formula is C12H13BrN2O5. The van der Waals surface area contributed by atoms with Crippen LogP contribution in [-0.2, 0) is 9.59 Å². The number of carboxylic acids is 1. The number of hydrogen-bond acceptors (Lipinski definition) is 4. The summed E-state index contributed by atoms with van der Waals surface area (Å²) in [5.74, 6) is -3.21. The van der Waals surface area contributed by atoms with Crippen molar-refractivity contribution >= 4 is 39.2 Å². The molecule has 1 amide bonds. The van der Waals surface area contributed by atoms with E-state index < -0.39 is 28.6 Å². The van der Waals surface area contributed by atoms with Gasteiger partial charge in [0.15, 0.2) is 0 Å². The maximum atomic E-state index is 11.9. The molecule has 0 fully saturated rings. The number of nitrogens with one attached hydrogen (secondary N) is 1. The van der Waals surface area contributed by atoms with Crippen molar-refractivity contribution in [3.63, 3.8) is 0 Å². The zero-order chi connectivity index (χ0) is 15.4. The molecule has 8 heteroatoms. The van der Waals surface area contributed by atoms with Gasteiger partial charge in [-0.05, 0) is 22.0 Å². The summed E-state index contributed by atoms with van der Waals surface area (Å²) in [7, 11) is 0. The fraction of sp³-hybridized carbons (Fsp3) is 0.333. The van der Waals surface area contributed by atoms with Gasteiger partial charge >= 0.3 is 5.97 Å². The average Bonchev–Trinajstić information content (AvgIpc) is 2.38. The summed E-state index contributed by atoms with van der Waals surface area (Å²) in [6.45, 7) is 2.91. The van der Waals surface area contributed by atoms with E-state index in [1.807, 2.05) is 0 Å². The highest BCUT2D eigenvalue weighted by atomic mass is 79.9. The lowest BCUT2D eigenvalue weighted by molar-refractivity contribution is -0.384. The standard InChI is InChI=1S/C12H13BrN2O5/c1-6(7(2)12(17)18)11(16)14-10-5-8(15(19)20)3-4-9(10)13/h3-7H,1-2H3,(H,14,16)(H,17,18). The molecule has 2 N–H and O–H groups in total. The van der Waals surface area contributed by atoms with Gasteiger partial charge in [0.05, 0.1) is 16.5 Å². The van der Waals surface area contributed by atoms with Gasteiger partial charge in [-0.3, -0.25) is 19.7 Å². The molecule has 0 aliphatic heterocycles. The number of nitro benzene ring substituents is 1. The Kier molecular flexibility index (Phi) is 5.20. The van der Waals surface area contributed by atoms with Crippen LogP contribution in [0.3, 0.4) is 0 Å². The van der Waals surface area contributed by atoms with Crippen LogP contribution in [0.25, 0.3) is 0 Å². The van der Waals surface area contributed by atoms with Crippen molar-refractivity contribution in [2.45, 2.75) is 13.8 Å². The first-order valence-electron chi connectivity index (χ1n) is 5.71. The van der Waals surface area contributed by atoms with Crippen LogP contribution in [0, 0.1) is 22.0 Å². The first-order chi connectivity index (χ1) is 9.23. The van der Waals surface area contributed by atoms with Gasteiger partial charge in [-0.15, -0.1) is 0 Å². The summed E-state index contributed by atoms with van der Waals surface area (Å²) in [5.41, 5.74) is 0.0658. The van der Waals surface area contributed by atoms with Crippen LogP contribution in [0.2, 0.25) is 0 Å². The summed E-state index contributed by atoms with van der Waals surface area (Å²) in [6, 6.07) is 3.95. The lowest BCUT2D eigenvalue weighted by Gasteiger charge is -2.16. The van der Waals surface area contributed by atoms with E-state index in [9.17, 15) is 19.7 Å². The van der Waals surface area contributed by atoms with Crippen LogP contribution in [0.4, 0.5) is 11.4 Å². The van der Waals surface area contributed by atoms with E-state index in [0.717, 1.165) is 0 Å². The van der Waals surface area contributed by atoms with Crippen molar-refractivity contribution in [2.75, 3.05) is 5.32 Å². The van der Waals surface area contributed by atoms with Crippen LogP contribution in [0.5, 0.6) is 0 Å². The Hall–Kier alpha value is -1.96. The zero-order valence-electron chi connectivity index (χ0n) is 10.8. The molecule has 1 aromatic rings. The Morgan fingerprint density at radius 1 is 1.35 bits per heavy atom. The summed E-state index contributed by atoms with van der Waals surface area (Å²) < 4.78 is 0.478. The molecule has 0 aromatic heterocycles. The number of rotatable bonds is 5. The largest absolute Gasteiger partial charge is 0.481 e. The first kappa shape index (κ1) is 16.1. The third-order valence-corrected chi connectivity index (χ3v) is 3.66. The minimum absolute atomic E-state index is 0.164. The topological polar surface area (TPSA) is 110 Å². The normalized spacial score (nSPS) is 13.3. The predicted molar refractivity (Wildman–Crippen MR) is 75.4 cm³/mol. The van der Waals surface area contributed by atoms with Gasteiger partial charge < -0.3 is 10.4 Å². The van der Waals surface area contributed by atoms with Crippen molar-refractivity contribution in [2.24, 2.45) is 11.8 Å². The quantitative estimate of drug-likeness (QED) is 0.630. The number of carbonyl (C=O) groups is 2. The minimum atomic E-state index is -1.08. The Morgan fingerprint density at radius 3 is 2.45 bits per heavy atom. The second-order valence-electron chi connectivity index (χ2n) is 4.33. The molecule has 1 aromatic carbocycles. The molecule has 7 nitrogen and oxygen atoms in total. The number of nitro groups is 1. The molecule has 20 heavy (non-hydrogen) atoms. The number of halogens is 1. The van der Waals surface area contributed by atoms with Crippen LogP contribution in [0.1, 0.15) is 13.8 Å². The lowest BCUT2D eigenvalue weighted by atomic mass is 9.95. The fourth-order valence-electron chi connectivity index (χ4n) is 1.41. The maximum Gasteiger partial charge on any atom is 0.307 e. The molecule has 0 aliphatic rings. The molecular weight excluding hydrogens is 332 g/mol. The molecule has 1 rings (SSSR count). The van der Waals surface area contributed by atoms with Crippen molar-refractivity contribution < 1.29 is 19.6 Å². The molecule has 0 saturated heterocycles. The SMILES string of the molecule is CC(C(=O)O)C(C)C(=O)Nc1cc([N+](=O)[O-])ccc1Br. The monoisotopic (exact) mass is 344 g/mol. The van der Waals surface area contributed by atoms with Crippen LogP contribution < -0.4 is 5.32 Å². The van der Waals surface area contributed by atoms with E-state index >= 15 is 0 Å². The van der Waals surface area contributed by atoms with E-state index in [1.54, 1.807) is 0 Å². The molecule has 0 heterocycles. The fourth-order valence-corrected chi connectivity index (χ4v) is 1.76. The number of anilines is 1. The lowest BCUT2D eigenvalue weighted by Crippen LogP contribution is -2.30. The van der Waals surface area contributed by atoms with Crippen molar-refractivity contribution in [1.82, 2.24) is 0 Å². The molecule has 0 aliphatic carbocycles. The molecule has 2 atom stereocenters. The van der Waals surface area contributed by atoms with E-state index in [0.29, 0.717) is 4.47 Å². The number of aliphatic carboxylic acids is 1. The minimum Gasteiger partial charge on any atom is -0.481 e. The molecule has 0 spiro atoms. The van der Waals surface area contributed by atoms with Gasteiger partial charge in [0, 0.05) is 22.5 Å². The van der Waals surface area contributed by atoms with Crippen molar-refractivity contribution in [3.05, 3.63) is 32.8 Å². The number of non-ortho nitro benzene ring substituents is 1. The predicted octanol–water partition coefficient (Wildman–Crippen LogP) is 2.65. The molecule has 2 unspecified atom stereocenters. The van der Waals surface area contributed by atoms with Crippen molar-refractivity contribution in [3.8, 4) is 0 Å². The van der Waals surface area contributed by atoms with Gasteiger partial charge in [-0.1, -0.05) is 13.8 Å². The summed E-state index contributed by atoms with van der Waals surface area (Å²) >= 11 is 3.17. The Morgan fingerprint density at radius 2 is 1.95 bits per heavy atom. The smallest absolute Gasteiger partial charge is 0.307 e. The number of benzene rings is 1. The molecule has 0 saturated carbocycles. The van der Waals surface area contributed by atoms with E-state index in [-0.39, 0.29) is 11.4 Å². The Balaban J connectivity index is 2.93. The molecule has 0 bridgehead atoms. The third-order valence-electron chi connectivity index (χ3n) is 2.97. The van der Waals surface area contributed by atoms with Crippen molar-refractivity contribution in [1.29, 1.82) is 0 Å². The number of carboxylic acid groups (broad SMARTS) is 1. The Labute approximate surface area is 123 Å². The summed E-state index contributed by atoms with van der Waals surface area (Å²) in [5, 5.41) is 22.0. The number of nitrogens with zero attached hydrogens (tertiary/aromatic N) is 1. The van der Waals surface area contributed by atoms with Gasteiger partial charge in [0.25, 0.3) is 5.69 Å². The van der Waals surface area contributed by atoms with E-state index in [2.05, 4.69) is 21.2 Å². The highest BCUT2D eigenvalue weighted by Gasteiger charge is 2.26. The average molecular weight is 345 g/mol. The Bertz CT molecular complexity index is 561. The van der Waals surface area contributed by atoms with Crippen LogP contribution >= 0.6 is 15.9 Å². The van der Waals surface area contributed by atoms with Gasteiger partial charge in [-0.25, -0.2) is 0 Å². The molecule has 108 valence electrons. The maximum absolute atomic E-state index is 11.9. The number of carbonyl (C=O) groups excluding carboxylic acids is 1. The summed E-state index contributed by atoms with van der Waals surface area (Å²) in [6.07, 6.45) is 0. The summed E-state index contributed by atoms with van der Waals surface area (Å²) in [4.78, 5) is 32.9.